The van der Waals surface area contributed by atoms with Gasteiger partial charge < -0.3 is 14.2 Å². The summed E-state index contributed by atoms with van der Waals surface area (Å²) in [4.78, 5) is -0.252. The van der Waals surface area contributed by atoms with Gasteiger partial charge in [0.15, 0.2) is 0 Å². The summed E-state index contributed by atoms with van der Waals surface area (Å²) in [5.41, 5.74) is 0.338. The van der Waals surface area contributed by atoms with Gasteiger partial charge in [-0.15, -0.1) is 0 Å². The summed E-state index contributed by atoms with van der Waals surface area (Å²) in [6, 6.07) is 2.56. The second-order valence-electron chi connectivity index (χ2n) is 3.55. The Morgan fingerprint density at radius 1 is 1.47 bits per heavy atom. The first-order valence-corrected chi connectivity index (χ1v) is 4.84. The van der Waals surface area contributed by atoms with Crippen LogP contribution < -0.4 is 4.74 Å². The number of fused-ring (bicyclic) bond motifs is 1. The van der Waals surface area contributed by atoms with Crippen LogP contribution in [0.1, 0.15) is 24.7 Å². The van der Waals surface area contributed by atoms with Crippen LogP contribution in [0.15, 0.2) is 30.5 Å². The van der Waals surface area contributed by atoms with Crippen LogP contribution in [0.2, 0.25) is 0 Å². The van der Waals surface area contributed by atoms with E-state index < -0.39 is 40.4 Å². The summed E-state index contributed by atoms with van der Waals surface area (Å²) >= 11 is 0. The van der Waals surface area contributed by atoms with E-state index in [1.807, 2.05) is 0 Å². The zero-order chi connectivity index (χ0) is 23.3. The fourth-order valence-electron chi connectivity index (χ4n) is 1.61. The van der Waals surface area contributed by atoms with Crippen molar-refractivity contribution in [3.63, 3.8) is 0 Å². The number of aromatic nitrogens is 1. The van der Waals surface area contributed by atoms with Crippen molar-refractivity contribution in [1.29, 1.82) is 0 Å². The van der Waals surface area contributed by atoms with Crippen molar-refractivity contribution in [2.24, 2.45) is 0 Å². The molecule has 0 spiro atoms. The average molecular weight is 245 g/mol. The lowest BCUT2D eigenvalue weighted by Crippen LogP contribution is -2.28. The quantitative estimate of drug-likeness (QED) is 0.824. The molecule has 0 saturated heterocycles. The van der Waals surface area contributed by atoms with Crippen LogP contribution in [0.3, 0.4) is 0 Å². The fraction of sp³-hybridized carbons (Fsp3) is 0.429. The molecule has 0 N–H and O–H groups in total. The first-order valence-electron chi connectivity index (χ1n) is 11.3. The zero-order valence-electron chi connectivity index (χ0n) is 21.9. The lowest BCUT2D eigenvalue weighted by molar-refractivity contribution is 0.286. The van der Waals surface area contributed by atoms with Crippen molar-refractivity contribution in [2.45, 2.75) is 19.4 Å². The molecule has 0 radical (unpaired) electrons. The van der Waals surface area contributed by atoms with Gasteiger partial charge in [0.1, 0.15) is 5.75 Å². The van der Waals surface area contributed by atoms with Crippen molar-refractivity contribution in [3.05, 3.63) is 30.5 Å². The van der Waals surface area contributed by atoms with Crippen molar-refractivity contribution >= 4 is 10.9 Å². The van der Waals surface area contributed by atoms with Gasteiger partial charge in [-0.1, -0.05) is 0 Å². The summed E-state index contributed by atoms with van der Waals surface area (Å²) in [5, 5.41) is 0.430. The summed E-state index contributed by atoms with van der Waals surface area (Å²) in [6.07, 6.45) is 1.36. The molecule has 92 valence electrons. The number of ether oxygens (including phenoxy) is 1. The number of likely N-dealkylation sites (N-methyl/N-ethyl adjacent to an activating group) is 1. The molecular formula is C14H20N2O. The molecule has 0 fully saturated rings. The van der Waals surface area contributed by atoms with Crippen molar-refractivity contribution in [1.82, 2.24) is 9.47 Å². The fourth-order valence-corrected chi connectivity index (χ4v) is 1.61. The van der Waals surface area contributed by atoms with E-state index in [0.717, 1.165) is 0 Å². The Kier molecular flexibility index (Phi) is 1.06. The lowest BCUT2D eigenvalue weighted by atomic mass is 10.2. The molecule has 0 aliphatic heterocycles. The molecule has 1 atom stereocenters. The smallest absolute Gasteiger partial charge is 0.119 e. The molecule has 0 saturated carbocycles. The first-order chi connectivity index (χ1) is 13.3. The van der Waals surface area contributed by atoms with E-state index >= 15 is 0 Å². The summed E-state index contributed by atoms with van der Waals surface area (Å²) in [6.45, 7) is -10.9. The van der Waals surface area contributed by atoms with Gasteiger partial charge in [0.2, 0.25) is 0 Å². The minimum atomic E-state index is -3.38. The van der Waals surface area contributed by atoms with Crippen LogP contribution in [-0.4, -0.2) is 36.5 Å². The Labute approximate surface area is 121 Å². The Morgan fingerprint density at radius 3 is 3.18 bits per heavy atom. The lowest BCUT2D eigenvalue weighted by Gasteiger charge is -2.20. The molecule has 17 heavy (non-hydrogen) atoms. The molecule has 0 bridgehead atoms. The molecule has 1 heterocycles. The highest BCUT2D eigenvalue weighted by Gasteiger charge is 2.08. The SMILES string of the molecule is [2H]C([2H])([2H])Oc1ccc2c(ccn2C[C@]([2H])(N(C([2H])([2H])[2H])C([2H])([2H])[2H])C([2H])([2H])[2H])c1. The zero-order valence-corrected chi connectivity index (χ0v) is 8.90. The number of methoxy groups -OCH3 is 1. The standard InChI is InChI=1S/C14H20N2O/c1-11(15(2)3)10-16-8-7-12-9-13(17-4)5-6-14(12)16/h5-9,11H,10H2,1-4H3/t11-/m1/s1/i1D3,2D3,3D3,4D3,11D. The van der Waals surface area contributed by atoms with E-state index in [0.29, 0.717) is 10.9 Å². The van der Waals surface area contributed by atoms with Crippen LogP contribution in [0.5, 0.6) is 5.75 Å². The second-order valence-corrected chi connectivity index (χ2v) is 3.55. The number of benzene rings is 1. The van der Waals surface area contributed by atoms with Gasteiger partial charge in [0.25, 0.3) is 0 Å². The number of nitrogens with zero attached hydrogens (tertiary/aromatic N) is 2. The van der Waals surface area contributed by atoms with Gasteiger partial charge >= 0.3 is 0 Å². The Bertz CT molecular complexity index is 878. The van der Waals surface area contributed by atoms with Gasteiger partial charge in [-0.05, 0) is 45.1 Å². The monoisotopic (exact) mass is 245 g/mol. The third-order valence-electron chi connectivity index (χ3n) is 2.45. The summed E-state index contributed by atoms with van der Waals surface area (Å²) in [5.74, 6) is 0.0276. The van der Waals surface area contributed by atoms with Gasteiger partial charge in [-0.2, -0.15) is 0 Å². The maximum atomic E-state index is 8.48. The highest BCUT2D eigenvalue weighted by molar-refractivity contribution is 5.81. The normalized spacial score (nSPS) is 29.4. The molecule has 2 rings (SSSR count). The van der Waals surface area contributed by atoms with Gasteiger partial charge in [0.05, 0.1) is 11.2 Å². The van der Waals surface area contributed by atoms with Crippen LogP contribution in [-0.2, 0) is 6.54 Å². The molecule has 0 amide bonds. The third-order valence-corrected chi connectivity index (χ3v) is 2.45. The Morgan fingerprint density at radius 2 is 2.41 bits per heavy atom. The van der Waals surface area contributed by atoms with E-state index in [1.54, 1.807) is 0 Å². The molecule has 2 aromatic rings. The minimum Gasteiger partial charge on any atom is -0.497 e. The predicted molar refractivity (Wildman–Crippen MR) is 71.6 cm³/mol. The third kappa shape index (κ3) is 2.44. The molecule has 0 unspecified atom stereocenters. The molecule has 1 aromatic carbocycles. The Balaban J connectivity index is 2.55. The van der Waals surface area contributed by atoms with E-state index in [9.17, 15) is 0 Å². The van der Waals surface area contributed by atoms with Gasteiger partial charge in [-0.25, -0.2) is 0 Å². The second kappa shape index (κ2) is 4.80. The highest BCUT2D eigenvalue weighted by atomic mass is 16.5. The molecule has 0 aliphatic carbocycles. The molecule has 1 aromatic heterocycles. The van der Waals surface area contributed by atoms with E-state index in [4.69, 9.17) is 22.6 Å². The average Bonchev–Trinajstić information content (AvgIpc) is 2.83. The predicted octanol–water partition coefficient (Wildman–Crippen LogP) is 2.60. The first kappa shape index (κ1) is 3.75. The summed E-state index contributed by atoms with van der Waals surface area (Å²) < 4.78 is 104. The van der Waals surface area contributed by atoms with Crippen LogP contribution in [0.25, 0.3) is 10.9 Å². The van der Waals surface area contributed by atoms with Crippen LogP contribution >= 0.6 is 0 Å². The summed E-state index contributed by atoms with van der Waals surface area (Å²) in [7, 11) is -2.67. The Hall–Kier alpha value is -1.48. The minimum absolute atomic E-state index is 0.0276. The van der Waals surface area contributed by atoms with Gasteiger partial charge in [0, 0.05) is 43.4 Å². The largest absolute Gasteiger partial charge is 0.497 e. The number of hydrogen-bond donors (Lipinski definition) is 0. The van der Waals surface area contributed by atoms with Crippen LogP contribution in [0, 0.1) is 0 Å². The number of hydrogen-bond acceptors (Lipinski definition) is 2. The maximum absolute atomic E-state index is 8.48. The molecule has 3 heteroatoms. The van der Waals surface area contributed by atoms with Gasteiger partial charge in [-0.3, -0.25) is 0 Å². The molecular weight excluding hydrogens is 212 g/mol. The number of rotatable bonds is 4. The van der Waals surface area contributed by atoms with E-state index in [1.165, 1.54) is 35.0 Å². The van der Waals surface area contributed by atoms with Crippen molar-refractivity contribution in [2.75, 3.05) is 21.0 Å². The molecule has 0 aliphatic rings. The molecule has 3 nitrogen and oxygen atoms in total. The van der Waals surface area contributed by atoms with Crippen LogP contribution in [0.4, 0.5) is 0 Å². The van der Waals surface area contributed by atoms with Crippen molar-refractivity contribution < 1.29 is 22.6 Å². The maximum Gasteiger partial charge on any atom is 0.119 e. The topological polar surface area (TPSA) is 17.4 Å². The van der Waals surface area contributed by atoms with E-state index in [-0.39, 0.29) is 10.6 Å². The highest BCUT2D eigenvalue weighted by Crippen LogP contribution is 2.22. The van der Waals surface area contributed by atoms with E-state index in [2.05, 4.69) is 0 Å². The van der Waals surface area contributed by atoms with Crippen molar-refractivity contribution in [3.8, 4) is 5.75 Å².